The van der Waals surface area contributed by atoms with Crippen molar-refractivity contribution in [3.8, 4) is 0 Å². The van der Waals surface area contributed by atoms with Gasteiger partial charge in [0, 0.05) is 36.9 Å². The van der Waals surface area contributed by atoms with Crippen LogP contribution in [0.3, 0.4) is 0 Å². The Morgan fingerprint density at radius 3 is 2.53 bits per heavy atom. The molecule has 2 heterocycles. The summed E-state index contributed by atoms with van der Waals surface area (Å²) in [7, 11) is -3.90. The molecule has 0 spiro atoms. The van der Waals surface area contributed by atoms with Gasteiger partial charge in [-0.05, 0) is 73.1 Å². The summed E-state index contributed by atoms with van der Waals surface area (Å²) < 4.78 is 30.1. The molecule has 2 aromatic heterocycles. The number of nitrogens with two attached hydrogens (primary N) is 1. The molecule has 4 rings (SSSR count). The Morgan fingerprint density at radius 1 is 1.21 bits per heavy atom. The molecular formula is C24H29N7O2S. The first kappa shape index (κ1) is 23.7. The number of amidine groups is 1. The Hall–Kier alpha value is -3.50. The molecule has 34 heavy (non-hydrogen) atoms. The highest BCUT2D eigenvalue weighted by atomic mass is 32.2. The number of aromatic nitrogens is 2. The average Bonchev–Trinajstić information content (AvgIpc) is 3.55. The predicted octanol–water partition coefficient (Wildman–Crippen LogP) is 2.81. The van der Waals surface area contributed by atoms with Crippen LogP contribution in [0, 0.1) is 24.7 Å². The molecule has 0 saturated heterocycles. The van der Waals surface area contributed by atoms with Crippen LogP contribution in [0.5, 0.6) is 0 Å². The Kier molecular flexibility index (Phi) is 6.54. The van der Waals surface area contributed by atoms with Crippen LogP contribution in [0.1, 0.15) is 52.3 Å². The fourth-order valence-corrected chi connectivity index (χ4v) is 4.83. The summed E-state index contributed by atoms with van der Waals surface area (Å²) >= 11 is 0. The highest BCUT2D eigenvalue weighted by Gasteiger charge is 2.23. The van der Waals surface area contributed by atoms with Gasteiger partial charge in [-0.2, -0.15) is 0 Å². The van der Waals surface area contributed by atoms with Crippen LogP contribution in [0.4, 0.5) is 0 Å². The van der Waals surface area contributed by atoms with E-state index in [0.29, 0.717) is 18.0 Å². The summed E-state index contributed by atoms with van der Waals surface area (Å²) in [4.78, 5) is 4.38. The van der Waals surface area contributed by atoms with Crippen LogP contribution >= 0.6 is 0 Å². The summed E-state index contributed by atoms with van der Waals surface area (Å²) in [6, 6.07) is 7.63. The zero-order valence-corrected chi connectivity index (χ0v) is 20.0. The zero-order chi connectivity index (χ0) is 24.5. The van der Waals surface area contributed by atoms with Gasteiger partial charge in [0.1, 0.15) is 16.4 Å². The Bertz CT molecular complexity index is 1380. The lowest BCUT2D eigenvalue weighted by Gasteiger charge is -2.14. The summed E-state index contributed by atoms with van der Waals surface area (Å²) in [5.74, 6) is 0.621. The van der Waals surface area contributed by atoms with Crippen LogP contribution in [0.2, 0.25) is 0 Å². The fourth-order valence-electron chi connectivity index (χ4n) is 3.94. The molecule has 1 aromatic carbocycles. The standard InChI is InChI=1S/C24H29N7O2S/c1-15-7-19(24(26)27)8-16(2)22(15)12-29-34(32,33)21(9-25)11-28-10-20-14-31-13-18(17-3-4-17)5-6-23(31)30-20/h5-9,11,13-14,17,25,28-29H,3-4,10,12H2,1-2H3,(H3,26,27)/b21-11+,25-9?. The van der Waals surface area contributed by atoms with Crippen molar-refractivity contribution in [1.29, 1.82) is 10.8 Å². The first-order valence-electron chi connectivity index (χ1n) is 11.0. The number of nitrogen functional groups attached to an aromatic ring is 1. The van der Waals surface area contributed by atoms with Gasteiger partial charge in [-0.3, -0.25) is 5.41 Å². The van der Waals surface area contributed by atoms with Gasteiger partial charge in [-0.1, -0.05) is 6.07 Å². The first-order valence-corrected chi connectivity index (χ1v) is 12.5. The number of aryl methyl sites for hydroxylation is 2. The minimum Gasteiger partial charge on any atom is -0.384 e. The molecule has 0 bridgehead atoms. The summed E-state index contributed by atoms with van der Waals surface area (Å²) in [6.45, 7) is 4.10. The van der Waals surface area contributed by atoms with Crippen molar-refractivity contribution >= 4 is 27.7 Å². The van der Waals surface area contributed by atoms with Gasteiger partial charge in [-0.25, -0.2) is 18.1 Å². The monoisotopic (exact) mass is 479 g/mol. The maximum atomic E-state index is 12.8. The molecule has 1 aliphatic carbocycles. The summed E-state index contributed by atoms with van der Waals surface area (Å²) in [5, 5.41) is 18.1. The van der Waals surface area contributed by atoms with E-state index in [2.05, 4.69) is 27.3 Å². The van der Waals surface area contributed by atoms with E-state index in [4.69, 9.17) is 16.6 Å². The lowest BCUT2D eigenvalue weighted by Crippen LogP contribution is -2.27. The van der Waals surface area contributed by atoms with E-state index in [1.807, 2.05) is 30.5 Å². The Labute approximate surface area is 199 Å². The molecule has 0 radical (unpaired) electrons. The maximum Gasteiger partial charge on any atom is 0.243 e. The largest absolute Gasteiger partial charge is 0.384 e. The van der Waals surface area contributed by atoms with Crippen LogP contribution in [0.15, 0.2) is 47.8 Å². The van der Waals surface area contributed by atoms with Gasteiger partial charge in [0.15, 0.2) is 0 Å². The van der Waals surface area contributed by atoms with E-state index in [1.165, 1.54) is 24.6 Å². The van der Waals surface area contributed by atoms with E-state index in [9.17, 15) is 8.42 Å². The van der Waals surface area contributed by atoms with E-state index < -0.39 is 10.0 Å². The van der Waals surface area contributed by atoms with E-state index in [1.54, 1.807) is 12.1 Å². The number of nitrogens with one attached hydrogen (secondary N) is 4. The Balaban J connectivity index is 1.42. The van der Waals surface area contributed by atoms with Gasteiger partial charge in [0.25, 0.3) is 0 Å². The number of pyridine rings is 1. The van der Waals surface area contributed by atoms with Crippen molar-refractivity contribution in [3.63, 3.8) is 0 Å². The molecule has 0 atom stereocenters. The van der Waals surface area contributed by atoms with E-state index in [-0.39, 0.29) is 17.3 Å². The van der Waals surface area contributed by atoms with Gasteiger partial charge in [-0.15, -0.1) is 0 Å². The molecule has 10 heteroatoms. The number of rotatable bonds is 10. The van der Waals surface area contributed by atoms with Crippen LogP contribution in [-0.4, -0.2) is 29.9 Å². The molecule has 0 aliphatic heterocycles. The van der Waals surface area contributed by atoms with Gasteiger partial charge < -0.3 is 20.9 Å². The van der Waals surface area contributed by atoms with Gasteiger partial charge in [0.05, 0.1) is 12.2 Å². The molecule has 9 nitrogen and oxygen atoms in total. The number of nitrogens with zero attached hydrogens (tertiary/aromatic N) is 2. The SMILES string of the molecule is Cc1cc(C(=N)N)cc(C)c1CNS(=O)(=O)/C(C=N)=C/NCc1cn2cc(C3CC3)ccc2n1. The minimum atomic E-state index is -3.90. The lowest BCUT2D eigenvalue weighted by atomic mass is 9.99. The average molecular weight is 480 g/mol. The van der Waals surface area contributed by atoms with E-state index >= 15 is 0 Å². The van der Waals surface area contributed by atoms with Crippen molar-refractivity contribution in [3.05, 3.63) is 81.3 Å². The molecule has 178 valence electrons. The first-order chi connectivity index (χ1) is 16.2. The van der Waals surface area contributed by atoms with Gasteiger partial charge >= 0.3 is 0 Å². The Morgan fingerprint density at radius 2 is 1.91 bits per heavy atom. The number of hydrogen-bond donors (Lipinski definition) is 5. The number of allylic oxidation sites excluding steroid dienone is 1. The molecule has 1 saturated carbocycles. The van der Waals surface area contributed by atoms with Crippen LogP contribution < -0.4 is 15.8 Å². The van der Waals surface area contributed by atoms with Crippen molar-refractivity contribution in [2.75, 3.05) is 0 Å². The second-order valence-corrected chi connectivity index (χ2v) is 10.4. The molecule has 1 fully saturated rings. The van der Waals surface area contributed by atoms with Crippen LogP contribution in [-0.2, 0) is 23.1 Å². The predicted molar refractivity (Wildman–Crippen MR) is 134 cm³/mol. The van der Waals surface area contributed by atoms with Crippen molar-refractivity contribution in [2.24, 2.45) is 5.73 Å². The molecule has 1 aliphatic rings. The molecule has 3 aromatic rings. The highest BCUT2D eigenvalue weighted by molar-refractivity contribution is 7.94. The second-order valence-electron chi connectivity index (χ2n) is 8.63. The third-order valence-corrected chi connectivity index (χ3v) is 7.38. The summed E-state index contributed by atoms with van der Waals surface area (Å²) in [5.41, 5.74) is 11.6. The third kappa shape index (κ3) is 5.18. The number of benzene rings is 1. The quantitative estimate of drug-likeness (QED) is 0.224. The van der Waals surface area contributed by atoms with Gasteiger partial charge in [0.2, 0.25) is 10.0 Å². The number of fused-ring (bicyclic) bond motifs is 1. The number of sulfonamides is 1. The second kappa shape index (κ2) is 9.40. The molecule has 6 N–H and O–H groups in total. The smallest absolute Gasteiger partial charge is 0.243 e. The molecule has 0 unspecified atom stereocenters. The van der Waals surface area contributed by atoms with E-state index in [0.717, 1.165) is 34.2 Å². The number of imidazole rings is 1. The molecule has 0 amide bonds. The fraction of sp³-hybridized carbons (Fsp3) is 0.292. The minimum absolute atomic E-state index is 0.0348. The number of hydrogen-bond acceptors (Lipinski definition) is 6. The van der Waals surface area contributed by atoms with Crippen molar-refractivity contribution < 1.29 is 8.42 Å². The maximum absolute atomic E-state index is 12.8. The molecular weight excluding hydrogens is 450 g/mol. The zero-order valence-electron chi connectivity index (χ0n) is 19.2. The summed E-state index contributed by atoms with van der Waals surface area (Å²) in [6.07, 6.45) is 8.61. The van der Waals surface area contributed by atoms with Crippen LogP contribution in [0.25, 0.3) is 5.65 Å². The van der Waals surface area contributed by atoms with Crippen molar-refractivity contribution in [2.45, 2.75) is 45.7 Å². The van der Waals surface area contributed by atoms with Crippen molar-refractivity contribution in [1.82, 2.24) is 19.4 Å². The normalized spacial score (nSPS) is 14.4. The highest BCUT2D eigenvalue weighted by Crippen LogP contribution is 2.39. The topological polar surface area (TPSA) is 149 Å². The lowest BCUT2D eigenvalue weighted by molar-refractivity contribution is 0.588. The third-order valence-electron chi connectivity index (χ3n) is 6.00.